The molecule has 0 aliphatic heterocycles. The molecule has 0 amide bonds. The molecular weight excluding hydrogens is 496 g/mol. The van der Waals surface area contributed by atoms with E-state index in [0.29, 0.717) is 5.69 Å². The van der Waals surface area contributed by atoms with Crippen LogP contribution in [0.5, 0.6) is 0 Å². The molecule has 0 bridgehead atoms. The summed E-state index contributed by atoms with van der Waals surface area (Å²) in [4.78, 5) is 0. The predicted octanol–water partition coefficient (Wildman–Crippen LogP) is -0.749. The van der Waals surface area contributed by atoms with Crippen LogP contribution in [0.15, 0.2) is 24.3 Å². The van der Waals surface area contributed by atoms with Crippen molar-refractivity contribution in [1.82, 2.24) is 0 Å². The second-order valence-corrected chi connectivity index (χ2v) is 5.01. The number of benzene rings is 1. The topological polar surface area (TPSA) is 23.8 Å². The van der Waals surface area contributed by atoms with E-state index in [-0.39, 0.29) is 24.8 Å². The summed E-state index contributed by atoms with van der Waals surface area (Å²) in [5.41, 5.74) is 16.0. The van der Waals surface area contributed by atoms with Crippen LogP contribution in [0.3, 0.4) is 0 Å². The van der Waals surface area contributed by atoms with E-state index in [4.69, 9.17) is 5.73 Å². The third kappa shape index (κ3) is 8.05. The molecule has 2 radical (unpaired) electrons. The molecule has 0 spiro atoms. The third-order valence-corrected chi connectivity index (χ3v) is 3.78. The molecular formula is C17H23Cl2HfNSi-2. The van der Waals surface area contributed by atoms with E-state index < -0.39 is 0 Å². The van der Waals surface area contributed by atoms with Crippen molar-refractivity contribution < 1.29 is 47.8 Å². The monoisotopic (exact) mass is 519 g/mol. The van der Waals surface area contributed by atoms with Crippen molar-refractivity contribution >= 4 is 12.6 Å². The fourth-order valence-electron chi connectivity index (χ4n) is 1.88. The van der Waals surface area contributed by atoms with E-state index >= 15 is 0 Å². The molecule has 120 valence electrons. The summed E-state index contributed by atoms with van der Waals surface area (Å²) in [6.45, 7) is 15.8. The standard InChI is InChI=1S/C9H13.C8H10N.2ClH.Hf.Si/c1-6-5-7(2)9(4)8(6)3;1-6-4-3-5-8(9)7(6)2;;;;/h5H,1-4H3;3-5,9H,1-2H3;2*1H;;/q2*-1;;;+2;/p-2. The molecule has 0 aliphatic rings. The third-order valence-electron chi connectivity index (χ3n) is 3.78. The van der Waals surface area contributed by atoms with Gasteiger partial charge in [-0.2, -0.15) is 28.3 Å². The zero-order valence-corrected chi connectivity index (χ0v) is 20.2. The van der Waals surface area contributed by atoms with Gasteiger partial charge in [0.05, 0.1) is 0 Å². The predicted molar refractivity (Wildman–Crippen MR) is 86.6 cm³/mol. The molecule has 2 aromatic rings. The van der Waals surface area contributed by atoms with E-state index in [1.165, 1.54) is 27.8 Å². The maximum absolute atomic E-state index is 7.36. The number of rotatable bonds is 0. The van der Waals surface area contributed by atoms with E-state index in [1.807, 2.05) is 32.0 Å². The molecule has 0 fully saturated rings. The van der Waals surface area contributed by atoms with Crippen molar-refractivity contribution in [2.45, 2.75) is 41.5 Å². The Hall–Kier alpha value is 0.0370. The number of halogens is 2. The number of hydrogen-bond donors (Lipinski definition) is 0. The average molecular weight is 519 g/mol. The molecule has 0 aromatic heterocycles. The molecule has 0 saturated heterocycles. The molecule has 0 heterocycles. The van der Waals surface area contributed by atoms with Gasteiger partial charge in [0.25, 0.3) is 0 Å². The fraction of sp³-hybridized carbons (Fsp3) is 0.353. The summed E-state index contributed by atoms with van der Waals surface area (Å²) in [7, 11) is 0. The van der Waals surface area contributed by atoms with E-state index in [9.17, 15) is 0 Å². The molecule has 0 atom stereocenters. The first-order valence-corrected chi connectivity index (χ1v) is 12.5. The Labute approximate surface area is 164 Å². The van der Waals surface area contributed by atoms with Gasteiger partial charge in [-0.15, -0.1) is 5.69 Å². The number of aryl methyl sites for hydroxylation is 3. The van der Waals surface area contributed by atoms with Gasteiger partial charge in [0.2, 0.25) is 0 Å². The first-order chi connectivity index (χ1) is 9.34. The Morgan fingerprint density at radius 1 is 0.909 bits per heavy atom. The molecule has 0 aliphatic carbocycles. The van der Waals surface area contributed by atoms with Crippen LogP contribution < -0.4 is 24.8 Å². The number of nitrogens with one attached hydrogen (secondary N) is 1. The van der Waals surface area contributed by atoms with Gasteiger partial charge < -0.3 is 30.5 Å². The Balaban J connectivity index is -0.000000273. The van der Waals surface area contributed by atoms with Crippen LogP contribution in [0.25, 0.3) is 5.73 Å². The van der Waals surface area contributed by atoms with Gasteiger partial charge in [-0.25, -0.2) is 0 Å². The molecule has 1 nitrogen and oxygen atoms in total. The summed E-state index contributed by atoms with van der Waals surface area (Å²) < 4.78 is 0. The summed E-state index contributed by atoms with van der Waals surface area (Å²) in [6.07, 6.45) is 0. The van der Waals surface area contributed by atoms with Gasteiger partial charge in [0, 0.05) is 0 Å². The van der Waals surface area contributed by atoms with Crippen molar-refractivity contribution in [3.63, 3.8) is 0 Å². The quantitative estimate of drug-likeness (QED) is 0.324. The van der Waals surface area contributed by atoms with Crippen molar-refractivity contribution in [2.24, 2.45) is 0 Å². The van der Waals surface area contributed by atoms with E-state index in [1.54, 1.807) is 0 Å². The second kappa shape index (κ2) is 13.5. The fourth-order valence-corrected chi connectivity index (χ4v) is 1.88. The molecule has 0 saturated carbocycles. The average Bonchev–Trinajstić information content (AvgIpc) is 2.66. The molecule has 2 rings (SSSR count). The molecule has 0 unspecified atom stereocenters. The second-order valence-electron chi connectivity index (χ2n) is 5.01. The van der Waals surface area contributed by atoms with Gasteiger partial charge in [0.1, 0.15) is 0 Å². The summed E-state index contributed by atoms with van der Waals surface area (Å²) in [6, 6.07) is 7.98. The van der Waals surface area contributed by atoms with Crippen LogP contribution >= 0.6 is 0 Å². The van der Waals surface area contributed by atoms with Crippen LogP contribution in [0.1, 0.15) is 33.4 Å². The van der Waals surface area contributed by atoms with Crippen molar-refractivity contribution in [3.8, 4) is 0 Å². The summed E-state index contributed by atoms with van der Waals surface area (Å²) in [5.74, 6) is 0. The minimum atomic E-state index is 0. The van der Waals surface area contributed by atoms with E-state index in [2.05, 4.69) is 40.7 Å². The molecule has 5 heteroatoms. The Morgan fingerprint density at radius 3 is 1.64 bits per heavy atom. The van der Waals surface area contributed by atoms with Crippen molar-refractivity contribution in [2.75, 3.05) is 0 Å². The zero-order chi connectivity index (χ0) is 15.9. The van der Waals surface area contributed by atoms with Gasteiger partial charge in [0.15, 0.2) is 0 Å². The van der Waals surface area contributed by atoms with Crippen LogP contribution in [-0.4, -0.2) is 6.94 Å². The molecule has 1 N–H and O–H groups in total. The van der Waals surface area contributed by atoms with Gasteiger partial charge in [-0.05, 0) is 19.4 Å². The molecule has 2 aromatic carbocycles. The van der Waals surface area contributed by atoms with E-state index in [0.717, 1.165) is 28.6 Å². The van der Waals surface area contributed by atoms with Crippen molar-refractivity contribution in [1.29, 1.82) is 0 Å². The zero-order valence-electron chi connectivity index (χ0n) is 14.1. The first kappa shape index (κ1) is 26.9. The maximum atomic E-state index is 7.36. The van der Waals surface area contributed by atoms with Gasteiger partial charge in [-0.1, -0.05) is 51.5 Å². The minimum absolute atomic E-state index is 0. The Morgan fingerprint density at radius 2 is 1.41 bits per heavy atom. The SMILES string of the molecule is Cc1c[c-](C)c(C)c1C.Cc1cccc([NH-])c1C.[Cl-].[Cl-].[Si]=[Hf+2]. The Bertz CT molecular complexity index is 525. The summed E-state index contributed by atoms with van der Waals surface area (Å²) in [5, 5.41) is 0. The Kier molecular flexibility index (Phi) is 16.5. The van der Waals surface area contributed by atoms with Crippen LogP contribution in [0.2, 0.25) is 0 Å². The van der Waals surface area contributed by atoms with Crippen LogP contribution in [-0.2, 0) is 23.0 Å². The first-order valence-electron chi connectivity index (χ1n) is 6.57. The normalized spacial score (nSPS) is 8.36. The number of hydrogen-bond acceptors (Lipinski definition) is 0. The van der Waals surface area contributed by atoms with Gasteiger partial charge in [-0.3, -0.25) is 0 Å². The summed E-state index contributed by atoms with van der Waals surface area (Å²) >= 11 is 1.11. The van der Waals surface area contributed by atoms with Crippen LogP contribution in [0.4, 0.5) is 5.69 Å². The van der Waals surface area contributed by atoms with Crippen LogP contribution in [0, 0.1) is 41.5 Å². The molecule has 22 heavy (non-hydrogen) atoms. The van der Waals surface area contributed by atoms with Crippen molar-refractivity contribution in [3.05, 3.63) is 63.4 Å². The van der Waals surface area contributed by atoms with Gasteiger partial charge >= 0.3 is 29.9 Å².